The summed E-state index contributed by atoms with van der Waals surface area (Å²) in [7, 11) is 7.38. The van der Waals surface area contributed by atoms with Crippen LogP contribution >= 0.6 is 11.6 Å². The van der Waals surface area contributed by atoms with Crippen LogP contribution in [0.3, 0.4) is 0 Å². The highest BCUT2D eigenvalue weighted by Crippen LogP contribution is 2.29. The summed E-state index contributed by atoms with van der Waals surface area (Å²) in [4.78, 5) is 23.3. The van der Waals surface area contributed by atoms with E-state index >= 15 is 0 Å². The average molecular weight is 258 g/mol. The lowest BCUT2D eigenvalue weighted by Crippen LogP contribution is -2.22. The van der Waals surface area contributed by atoms with E-state index in [4.69, 9.17) is 11.6 Å². The van der Waals surface area contributed by atoms with Crippen molar-refractivity contribution in [3.05, 3.63) is 6.33 Å². The fourth-order valence-electron chi connectivity index (χ4n) is 1.33. The molecule has 1 amide bonds. The maximum Gasteiger partial charge on any atom is 0.239 e. The summed E-state index contributed by atoms with van der Waals surface area (Å²) in [5.74, 6) is 0.895. The molecule has 1 heterocycles. The zero-order valence-electron chi connectivity index (χ0n) is 10.4. The van der Waals surface area contributed by atoms with Crippen molar-refractivity contribution in [2.24, 2.45) is 0 Å². The van der Waals surface area contributed by atoms with Gasteiger partial charge in [-0.1, -0.05) is 0 Å². The molecule has 0 spiro atoms. The van der Waals surface area contributed by atoms with E-state index in [2.05, 4.69) is 15.3 Å². The molecule has 0 saturated heterocycles. The van der Waals surface area contributed by atoms with Gasteiger partial charge in [0.1, 0.15) is 17.9 Å². The first kappa shape index (κ1) is 13.5. The monoisotopic (exact) mass is 257 g/mol. The van der Waals surface area contributed by atoms with Gasteiger partial charge in [-0.25, -0.2) is 9.97 Å². The second-order valence-corrected chi connectivity index (χ2v) is 4.13. The summed E-state index contributed by atoms with van der Waals surface area (Å²) in [5.41, 5.74) is 0.563. The Hall–Kier alpha value is -1.56. The lowest BCUT2D eigenvalue weighted by atomic mass is 10.3. The average Bonchev–Trinajstić information content (AvgIpc) is 2.28. The summed E-state index contributed by atoms with van der Waals surface area (Å²) < 4.78 is 0. The molecular weight excluding hydrogens is 242 g/mol. The Morgan fingerprint density at radius 1 is 1.24 bits per heavy atom. The van der Waals surface area contributed by atoms with Crippen LogP contribution in [0.25, 0.3) is 0 Å². The van der Waals surface area contributed by atoms with Crippen LogP contribution in [0, 0.1) is 0 Å². The molecular formula is C10H16ClN5O. The zero-order valence-corrected chi connectivity index (χ0v) is 11.1. The van der Waals surface area contributed by atoms with Crippen LogP contribution in [-0.4, -0.2) is 49.9 Å². The van der Waals surface area contributed by atoms with Crippen molar-refractivity contribution in [2.75, 3.05) is 49.2 Å². The first-order valence-electron chi connectivity index (χ1n) is 5.02. The Kier molecular flexibility index (Phi) is 4.51. The number of amides is 1. The van der Waals surface area contributed by atoms with Gasteiger partial charge in [0.25, 0.3) is 0 Å². The third kappa shape index (κ3) is 3.20. The highest BCUT2D eigenvalue weighted by Gasteiger charge is 2.16. The number of halogens is 1. The predicted molar refractivity (Wildman–Crippen MR) is 70.0 cm³/mol. The third-order valence-corrected chi connectivity index (χ3v) is 2.28. The molecule has 0 bridgehead atoms. The van der Waals surface area contributed by atoms with Gasteiger partial charge >= 0.3 is 0 Å². The van der Waals surface area contributed by atoms with Crippen LogP contribution in [0.2, 0.25) is 0 Å². The molecule has 0 saturated carbocycles. The van der Waals surface area contributed by atoms with E-state index in [1.165, 1.54) is 6.33 Å². The largest absolute Gasteiger partial charge is 0.361 e. The number of nitrogens with one attached hydrogen (secondary N) is 1. The third-order valence-electron chi connectivity index (χ3n) is 2.04. The molecule has 0 aliphatic rings. The van der Waals surface area contributed by atoms with Crippen LogP contribution in [0.1, 0.15) is 0 Å². The van der Waals surface area contributed by atoms with E-state index in [9.17, 15) is 4.79 Å². The molecule has 0 aliphatic heterocycles. The first-order valence-corrected chi connectivity index (χ1v) is 5.56. The van der Waals surface area contributed by atoms with Crippen molar-refractivity contribution in [2.45, 2.75) is 0 Å². The van der Waals surface area contributed by atoms with E-state index in [0.717, 1.165) is 0 Å². The van der Waals surface area contributed by atoms with E-state index in [1.807, 2.05) is 28.2 Å². The lowest BCUT2D eigenvalue weighted by molar-refractivity contribution is -0.113. The van der Waals surface area contributed by atoms with Gasteiger partial charge in [-0.3, -0.25) is 4.79 Å². The Morgan fingerprint density at radius 2 is 1.71 bits per heavy atom. The Labute approximate surface area is 106 Å². The van der Waals surface area contributed by atoms with Gasteiger partial charge in [-0.2, -0.15) is 0 Å². The minimum absolute atomic E-state index is 0.103. The molecule has 0 unspecified atom stereocenters. The van der Waals surface area contributed by atoms with Crippen LogP contribution in [0.15, 0.2) is 6.33 Å². The Morgan fingerprint density at radius 3 is 2.06 bits per heavy atom. The molecule has 0 aliphatic carbocycles. The van der Waals surface area contributed by atoms with Gasteiger partial charge in [-0.15, -0.1) is 11.6 Å². The van der Waals surface area contributed by atoms with Gasteiger partial charge in [0.15, 0.2) is 11.6 Å². The van der Waals surface area contributed by atoms with E-state index in [0.29, 0.717) is 17.3 Å². The van der Waals surface area contributed by atoms with Crippen molar-refractivity contribution in [1.29, 1.82) is 0 Å². The minimum atomic E-state index is -0.285. The minimum Gasteiger partial charge on any atom is -0.361 e. The molecule has 1 N–H and O–H groups in total. The van der Waals surface area contributed by atoms with Crippen molar-refractivity contribution < 1.29 is 4.79 Å². The zero-order chi connectivity index (χ0) is 13.0. The number of alkyl halides is 1. The standard InChI is InChI=1S/C10H16ClN5O/c1-15(2)9-8(14-7(17)5-11)10(16(3)4)13-6-12-9/h6H,5H2,1-4H3,(H,14,17). The number of carbonyl (C=O) groups is 1. The van der Waals surface area contributed by atoms with Crippen LogP contribution in [-0.2, 0) is 4.79 Å². The quantitative estimate of drug-likeness (QED) is 0.808. The highest BCUT2D eigenvalue weighted by atomic mass is 35.5. The Bertz CT molecular complexity index is 381. The van der Waals surface area contributed by atoms with Gasteiger partial charge in [0.05, 0.1) is 0 Å². The number of carbonyl (C=O) groups excluding carboxylic acids is 1. The van der Waals surface area contributed by atoms with Gasteiger partial charge in [0.2, 0.25) is 5.91 Å². The molecule has 1 rings (SSSR count). The normalized spacial score (nSPS) is 9.94. The van der Waals surface area contributed by atoms with E-state index < -0.39 is 0 Å². The number of hydrogen-bond acceptors (Lipinski definition) is 5. The summed E-state index contributed by atoms with van der Waals surface area (Å²) in [6.07, 6.45) is 1.46. The van der Waals surface area contributed by atoms with Crippen LogP contribution in [0.5, 0.6) is 0 Å². The molecule has 0 radical (unpaired) electrons. The Balaban J connectivity index is 3.23. The topological polar surface area (TPSA) is 61.4 Å². The second-order valence-electron chi connectivity index (χ2n) is 3.87. The second kappa shape index (κ2) is 5.67. The molecule has 0 atom stereocenters. The van der Waals surface area contributed by atoms with Gasteiger partial charge in [-0.05, 0) is 0 Å². The van der Waals surface area contributed by atoms with Crippen LogP contribution in [0.4, 0.5) is 17.3 Å². The maximum absolute atomic E-state index is 11.4. The number of aromatic nitrogens is 2. The van der Waals surface area contributed by atoms with Crippen molar-refractivity contribution in [3.8, 4) is 0 Å². The molecule has 0 aromatic carbocycles. The smallest absolute Gasteiger partial charge is 0.239 e. The van der Waals surface area contributed by atoms with Gasteiger partial charge < -0.3 is 15.1 Å². The molecule has 1 aromatic rings. The summed E-state index contributed by atoms with van der Waals surface area (Å²) in [6, 6.07) is 0. The highest BCUT2D eigenvalue weighted by molar-refractivity contribution is 6.29. The lowest BCUT2D eigenvalue weighted by Gasteiger charge is -2.21. The molecule has 94 valence electrons. The molecule has 17 heavy (non-hydrogen) atoms. The van der Waals surface area contributed by atoms with Crippen molar-refractivity contribution >= 4 is 34.8 Å². The molecule has 0 fully saturated rings. The summed E-state index contributed by atoms with van der Waals surface area (Å²) in [5, 5.41) is 2.71. The van der Waals surface area contributed by atoms with E-state index in [-0.39, 0.29) is 11.8 Å². The summed E-state index contributed by atoms with van der Waals surface area (Å²) >= 11 is 5.49. The van der Waals surface area contributed by atoms with Crippen LogP contribution < -0.4 is 15.1 Å². The fourth-order valence-corrected chi connectivity index (χ4v) is 1.40. The molecule has 1 aromatic heterocycles. The number of hydrogen-bond donors (Lipinski definition) is 1. The van der Waals surface area contributed by atoms with Crippen molar-refractivity contribution in [1.82, 2.24) is 9.97 Å². The summed E-state index contributed by atoms with van der Waals surface area (Å²) in [6.45, 7) is 0. The SMILES string of the molecule is CN(C)c1ncnc(N(C)C)c1NC(=O)CCl. The van der Waals surface area contributed by atoms with E-state index in [1.54, 1.807) is 9.80 Å². The number of nitrogens with zero attached hydrogens (tertiary/aromatic N) is 4. The van der Waals surface area contributed by atoms with Gasteiger partial charge in [0, 0.05) is 28.2 Å². The maximum atomic E-state index is 11.4. The number of rotatable bonds is 4. The molecule has 6 nitrogen and oxygen atoms in total. The molecule has 7 heteroatoms. The first-order chi connectivity index (χ1) is 7.97. The van der Waals surface area contributed by atoms with Crippen molar-refractivity contribution in [3.63, 3.8) is 0 Å². The number of anilines is 3. The predicted octanol–water partition coefficient (Wildman–Crippen LogP) is 0.786. The fraction of sp³-hybridized carbons (Fsp3) is 0.500.